The van der Waals surface area contributed by atoms with Gasteiger partial charge in [-0.2, -0.15) is 0 Å². The van der Waals surface area contributed by atoms with E-state index < -0.39 is 0 Å². The molecule has 3 rings (SSSR count). The number of hydrogen-bond acceptors (Lipinski definition) is 2. The van der Waals surface area contributed by atoms with Gasteiger partial charge in [0.2, 0.25) is 5.91 Å². The maximum Gasteiger partial charge on any atom is 0.225 e. The van der Waals surface area contributed by atoms with Crippen molar-refractivity contribution in [2.24, 2.45) is 10.9 Å². The number of carbonyl (C=O) groups is 1. The van der Waals surface area contributed by atoms with Gasteiger partial charge in [-0.05, 0) is 22.8 Å². The van der Waals surface area contributed by atoms with Crippen molar-refractivity contribution in [2.45, 2.75) is 32.9 Å². The van der Waals surface area contributed by atoms with Crippen molar-refractivity contribution in [3.05, 3.63) is 48.0 Å². The molecule has 0 radical (unpaired) electrons. The number of amides is 1. The Morgan fingerprint density at radius 2 is 1.96 bits per heavy atom. The molecule has 6 heteroatoms. The van der Waals surface area contributed by atoms with E-state index in [1.807, 2.05) is 18.7 Å². The number of nitrogens with zero attached hydrogens (tertiary/aromatic N) is 2. The fourth-order valence-electron chi connectivity index (χ4n) is 3.46. The Bertz CT molecular complexity index is 800. The van der Waals surface area contributed by atoms with Crippen LogP contribution in [0.3, 0.4) is 0 Å². The van der Waals surface area contributed by atoms with Crippen molar-refractivity contribution in [2.75, 3.05) is 20.1 Å². The summed E-state index contributed by atoms with van der Waals surface area (Å²) in [6.45, 7) is 6.17. The third kappa shape index (κ3) is 5.34. The van der Waals surface area contributed by atoms with Crippen molar-refractivity contribution < 1.29 is 4.79 Å². The van der Waals surface area contributed by atoms with Gasteiger partial charge in [0, 0.05) is 38.6 Å². The van der Waals surface area contributed by atoms with Crippen LogP contribution in [0, 0.1) is 5.92 Å². The molecule has 0 bridgehead atoms. The minimum absolute atomic E-state index is 0. The highest BCUT2D eigenvalue weighted by Gasteiger charge is 2.27. The average Bonchev–Trinajstić information content (AvgIpc) is 3.12. The first-order chi connectivity index (χ1) is 12.6. The van der Waals surface area contributed by atoms with Gasteiger partial charge in [0.05, 0.1) is 0 Å². The molecule has 1 amide bonds. The quantitative estimate of drug-likeness (QED) is 0.401. The lowest BCUT2D eigenvalue weighted by molar-refractivity contribution is -0.133. The van der Waals surface area contributed by atoms with Crippen LogP contribution < -0.4 is 10.6 Å². The predicted octanol–water partition coefficient (Wildman–Crippen LogP) is 3.38. The SMILES string of the molecule is CN=C(NCc1cccc2ccccc12)NC1CCN(C(=O)C(C)C)C1.I. The number of guanidine groups is 1. The highest BCUT2D eigenvalue weighted by atomic mass is 127. The second kappa shape index (κ2) is 9.92. The Kier molecular flexibility index (Phi) is 7.89. The summed E-state index contributed by atoms with van der Waals surface area (Å²) >= 11 is 0. The van der Waals surface area contributed by atoms with Gasteiger partial charge in [0.1, 0.15) is 0 Å². The Morgan fingerprint density at radius 1 is 1.22 bits per heavy atom. The number of rotatable bonds is 4. The first-order valence-corrected chi connectivity index (χ1v) is 9.31. The molecular weight excluding hydrogens is 451 g/mol. The molecule has 0 aliphatic carbocycles. The molecule has 0 aromatic heterocycles. The standard InChI is InChI=1S/C21H28N4O.HI/c1-15(2)20(26)25-12-11-18(14-25)24-21(22-3)23-13-17-9-6-8-16-7-4-5-10-19(16)17;/h4-10,15,18H,11-14H2,1-3H3,(H2,22,23,24);1H. The molecule has 1 saturated heterocycles. The van der Waals surface area contributed by atoms with Crippen molar-refractivity contribution in [3.8, 4) is 0 Å². The van der Waals surface area contributed by atoms with Gasteiger partial charge in [-0.1, -0.05) is 56.3 Å². The lowest BCUT2D eigenvalue weighted by Gasteiger charge is -2.20. The minimum Gasteiger partial charge on any atom is -0.352 e. The van der Waals surface area contributed by atoms with Gasteiger partial charge in [-0.25, -0.2) is 0 Å². The fraction of sp³-hybridized carbons (Fsp3) is 0.429. The third-order valence-electron chi connectivity index (χ3n) is 4.88. The van der Waals surface area contributed by atoms with Gasteiger partial charge in [0.15, 0.2) is 5.96 Å². The Balaban J connectivity index is 0.00000261. The highest BCUT2D eigenvalue weighted by Crippen LogP contribution is 2.18. The van der Waals surface area contributed by atoms with E-state index in [-0.39, 0.29) is 41.8 Å². The molecule has 5 nitrogen and oxygen atoms in total. The van der Waals surface area contributed by atoms with Crippen molar-refractivity contribution >= 4 is 46.6 Å². The van der Waals surface area contributed by atoms with E-state index >= 15 is 0 Å². The van der Waals surface area contributed by atoms with E-state index in [0.29, 0.717) is 6.54 Å². The zero-order valence-electron chi connectivity index (χ0n) is 16.2. The van der Waals surface area contributed by atoms with Gasteiger partial charge < -0.3 is 15.5 Å². The zero-order chi connectivity index (χ0) is 18.5. The fourth-order valence-corrected chi connectivity index (χ4v) is 3.46. The Morgan fingerprint density at radius 3 is 2.70 bits per heavy atom. The molecule has 1 fully saturated rings. The number of halogens is 1. The van der Waals surface area contributed by atoms with E-state index in [9.17, 15) is 4.79 Å². The number of likely N-dealkylation sites (tertiary alicyclic amines) is 1. The first-order valence-electron chi connectivity index (χ1n) is 9.31. The van der Waals surface area contributed by atoms with Crippen LogP contribution in [0.4, 0.5) is 0 Å². The number of benzene rings is 2. The largest absolute Gasteiger partial charge is 0.352 e. The van der Waals surface area contributed by atoms with Crippen molar-refractivity contribution in [1.29, 1.82) is 0 Å². The summed E-state index contributed by atoms with van der Waals surface area (Å²) in [4.78, 5) is 18.4. The molecule has 1 heterocycles. The molecule has 27 heavy (non-hydrogen) atoms. The first kappa shape index (κ1) is 21.5. The van der Waals surface area contributed by atoms with Gasteiger partial charge in [-0.15, -0.1) is 24.0 Å². The second-order valence-electron chi connectivity index (χ2n) is 7.13. The molecule has 2 aromatic carbocycles. The van der Waals surface area contributed by atoms with Crippen LogP contribution in [0.1, 0.15) is 25.8 Å². The number of carbonyl (C=O) groups excluding carboxylic acids is 1. The normalized spacial score (nSPS) is 17.1. The van der Waals surface area contributed by atoms with E-state index in [2.05, 4.69) is 58.1 Å². The van der Waals surface area contributed by atoms with Gasteiger partial charge in [0.25, 0.3) is 0 Å². The summed E-state index contributed by atoms with van der Waals surface area (Å²) in [5, 5.41) is 9.36. The Labute approximate surface area is 178 Å². The van der Waals surface area contributed by atoms with E-state index in [1.54, 1.807) is 7.05 Å². The van der Waals surface area contributed by atoms with E-state index in [1.165, 1.54) is 16.3 Å². The van der Waals surface area contributed by atoms with Crippen molar-refractivity contribution in [3.63, 3.8) is 0 Å². The maximum absolute atomic E-state index is 12.1. The van der Waals surface area contributed by atoms with Crippen LogP contribution in [0.5, 0.6) is 0 Å². The lowest BCUT2D eigenvalue weighted by Crippen LogP contribution is -2.45. The summed E-state index contributed by atoms with van der Waals surface area (Å²) in [5.41, 5.74) is 1.24. The number of fused-ring (bicyclic) bond motifs is 1. The smallest absolute Gasteiger partial charge is 0.225 e. The minimum atomic E-state index is 0. The summed E-state index contributed by atoms with van der Waals surface area (Å²) in [5.74, 6) is 1.06. The molecule has 1 aliphatic heterocycles. The summed E-state index contributed by atoms with van der Waals surface area (Å²) < 4.78 is 0. The Hall–Kier alpha value is -1.83. The predicted molar refractivity (Wildman–Crippen MR) is 123 cm³/mol. The molecule has 146 valence electrons. The van der Waals surface area contributed by atoms with Gasteiger partial charge >= 0.3 is 0 Å². The number of hydrogen-bond donors (Lipinski definition) is 2. The van der Waals surface area contributed by atoms with Crippen LogP contribution in [0.2, 0.25) is 0 Å². The van der Waals surface area contributed by atoms with Crippen LogP contribution in [-0.2, 0) is 11.3 Å². The highest BCUT2D eigenvalue weighted by molar-refractivity contribution is 14.0. The molecule has 1 atom stereocenters. The molecule has 2 aromatic rings. The number of aliphatic imine (C=N–C) groups is 1. The molecule has 2 N–H and O–H groups in total. The average molecular weight is 480 g/mol. The maximum atomic E-state index is 12.1. The van der Waals surface area contributed by atoms with Gasteiger partial charge in [-0.3, -0.25) is 9.79 Å². The van der Waals surface area contributed by atoms with Crippen LogP contribution in [-0.4, -0.2) is 42.9 Å². The molecule has 0 saturated carbocycles. The summed E-state index contributed by atoms with van der Waals surface area (Å²) in [7, 11) is 1.78. The van der Waals surface area contributed by atoms with Crippen LogP contribution in [0.25, 0.3) is 10.8 Å². The molecular formula is C21H29IN4O. The topological polar surface area (TPSA) is 56.7 Å². The van der Waals surface area contributed by atoms with Crippen LogP contribution >= 0.6 is 24.0 Å². The lowest BCUT2D eigenvalue weighted by atomic mass is 10.0. The molecule has 1 aliphatic rings. The van der Waals surface area contributed by atoms with E-state index in [4.69, 9.17) is 0 Å². The van der Waals surface area contributed by atoms with Crippen LogP contribution in [0.15, 0.2) is 47.5 Å². The monoisotopic (exact) mass is 480 g/mol. The third-order valence-corrected chi connectivity index (χ3v) is 4.88. The van der Waals surface area contributed by atoms with Crippen molar-refractivity contribution in [1.82, 2.24) is 15.5 Å². The summed E-state index contributed by atoms with van der Waals surface area (Å²) in [6, 6.07) is 15.0. The zero-order valence-corrected chi connectivity index (χ0v) is 18.6. The second-order valence-corrected chi connectivity index (χ2v) is 7.13. The summed E-state index contributed by atoms with van der Waals surface area (Å²) in [6.07, 6.45) is 0.952. The number of nitrogens with one attached hydrogen (secondary N) is 2. The van der Waals surface area contributed by atoms with E-state index in [0.717, 1.165) is 25.5 Å². The molecule has 1 unspecified atom stereocenters. The molecule has 0 spiro atoms.